The summed E-state index contributed by atoms with van der Waals surface area (Å²) in [4.78, 5) is 0. The van der Waals surface area contributed by atoms with Crippen LogP contribution >= 0.6 is 12.4 Å². The molecule has 1 spiro atoms. The average Bonchev–Trinajstić information content (AvgIpc) is 3.01. The summed E-state index contributed by atoms with van der Waals surface area (Å²) in [5.41, 5.74) is 2.41. The van der Waals surface area contributed by atoms with Gasteiger partial charge >= 0.3 is 0 Å². The van der Waals surface area contributed by atoms with Gasteiger partial charge in [-0.15, -0.1) is 12.4 Å². The number of ether oxygens (including phenoxy) is 2. The lowest BCUT2D eigenvalue weighted by Crippen LogP contribution is -2.41. The molecule has 2 heterocycles. The lowest BCUT2D eigenvalue weighted by Gasteiger charge is -2.35. The Bertz CT molecular complexity index is 654. The van der Waals surface area contributed by atoms with Gasteiger partial charge in [-0.3, -0.25) is 0 Å². The number of nitrogens with one attached hydrogen (secondary N) is 1. The molecule has 0 radical (unpaired) electrons. The molecule has 1 unspecified atom stereocenters. The summed E-state index contributed by atoms with van der Waals surface area (Å²) in [6, 6.07) is 16.4. The van der Waals surface area contributed by atoms with E-state index in [-0.39, 0.29) is 18.0 Å². The molecule has 0 aromatic heterocycles. The molecule has 4 rings (SSSR count). The molecule has 1 atom stereocenters. The molecule has 0 bridgehead atoms. The van der Waals surface area contributed by atoms with Crippen molar-refractivity contribution < 1.29 is 9.47 Å². The van der Waals surface area contributed by atoms with E-state index in [4.69, 9.17) is 9.47 Å². The van der Waals surface area contributed by atoms with Crippen LogP contribution < -0.4 is 14.8 Å². The first-order valence-electron chi connectivity index (χ1n) is 8.03. The molecular formula is C19H22ClNO2. The molecule has 4 heteroatoms. The monoisotopic (exact) mass is 331 g/mol. The summed E-state index contributed by atoms with van der Waals surface area (Å²) in [5.74, 6) is 1.96. The van der Waals surface area contributed by atoms with Crippen LogP contribution in [0.2, 0.25) is 0 Å². The second kappa shape index (κ2) is 6.81. The minimum atomic E-state index is 0. The third kappa shape index (κ3) is 3.31. The van der Waals surface area contributed by atoms with Crippen LogP contribution in [0.5, 0.6) is 11.5 Å². The second-order valence-electron chi connectivity index (χ2n) is 6.22. The van der Waals surface area contributed by atoms with Crippen LogP contribution in [0.4, 0.5) is 0 Å². The first-order valence-corrected chi connectivity index (χ1v) is 8.03. The van der Waals surface area contributed by atoms with E-state index in [1.165, 1.54) is 11.1 Å². The molecule has 2 aromatic rings. The van der Waals surface area contributed by atoms with Gasteiger partial charge in [0, 0.05) is 18.5 Å². The van der Waals surface area contributed by atoms with Crippen molar-refractivity contribution in [3.8, 4) is 11.5 Å². The number of hydrogen-bond acceptors (Lipinski definition) is 3. The minimum absolute atomic E-state index is 0. The zero-order valence-corrected chi connectivity index (χ0v) is 13.9. The molecule has 2 aliphatic rings. The SMILES string of the molecule is Cl.c1ccc(COc2cccc3c2CCC2(CCNC2)O3)cc1. The Morgan fingerprint density at radius 3 is 2.70 bits per heavy atom. The van der Waals surface area contributed by atoms with Gasteiger partial charge in [0.15, 0.2) is 0 Å². The minimum Gasteiger partial charge on any atom is -0.488 e. The van der Waals surface area contributed by atoms with Gasteiger partial charge in [0.1, 0.15) is 23.7 Å². The van der Waals surface area contributed by atoms with Crippen molar-refractivity contribution >= 4 is 12.4 Å². The highest BCUT2D eigenvalue weighted by atomic mass is 35.5. The Morgan fingerprint density at radius 2 is 1.91 bits per heavy atom. The van der Waals surface area contributed by atoms with Crippen LogP contribution in [0.15, 0.2) is 48.5 Å². The second-order valence-corrected chi connectivity index (χ2v) is 6.22. The topological polar surface area (TPSA) is 30.5 Å². The molecule has 3 nitrogen and oxygen atoms in total. The van der Waals surface area contributed by atoms with E-state index in [0.29, 0.717) is 6.61 Å². The Balaban J connectivity index is 0.00000156. The van der Waals surface area contributed by atoms with E-state index in [1.54, 1.807) is 0 Å². The van der Waals surface area contributed by atoms with Crippen molar-refractivity contribution in [2.75, 3.05) is 13.1 Å². The predicted molar refractivity (Wildman–Crippen MR) is 93.6 cm³/mol. The molecule has 122 valence electrons. The van der Waals surface area contributed by atoms with E-state index in [1.807, 2.05) is 24.3 Å². The Labute approximate surface area is 143 Å². The van der Waals surface area contributed by atoms with E-state index in [9.17, 15) is 0 Å². The lowest BCUT2D eigenvalue weighted by atomic mass is 9.90. The van der Waals surface area contributed by atoms with Gasteiger partial charge in [0.2, 0.25) is 0 Å². The van der Waals surface area contributed by atoms with Gasteiger partial charge in [0.05, 0.1) is 0 Å². The van der Waals surface area contributed by atoms with Crippen LogP contribution in [0, 0.1) is 0 Å². The smallest absolute Gasteiger partial charge is 0.127 e. The first kappa shape index (κ1) is 16.2. The zero-order valence-electron chi connectivity index (χ0n) is 13.1. The van der Waals surface area contributed by atoms with Gasteiger partial charge in [-0.2, -0.15) is 0 Å². The summed E-state index contributed by atoms with van der Waals surface area (Å²) >= 11 is 0. The van der Waals surface area contributed by atoms with E-state index in [0.717, 1.165) is 43.9 Å². The number of hydrogen-bond donors (Lipinski definition) is 1. The summed E-state index contributed by atoms with van der Waals surface area (Å²) in [6.07, 6.45) is 3.20. The maximum absolute atomic E-state index is 6.33. The fourth-order valence-corrected chi connectivity index (χ4v) is 3.42. The number of rotatable bonds is 3. The molecule has 0 saturated carbocycles. The van der Waals surface area contributed by atoms with E-state index < -0.39 is 0 Å². The van der Waals surface area contributed by atoms with Gasteiger partial charge in [-0.05, 0) is 37.1 Å². The van der Waals surface area contributed by atoms with Crippen LogP contribution in [-0.4, -0.2) is 18.7 Å². The number of benzene rings is 2. The third-order valence-corrected chi connectivity index (χ3v) is 4.69. The van der Waals surface area contributed by atoms with Crippen LogP contribution in [0.3, 0.4) is 0 Å². The van der Waals surface area contributed by atoms with Crippen LogP contribution in [0.1, 0.15) is 24.0 Å². The van der Waals surface area contributed by atoms with E-state index >= 15 is 0 Å². The average molecular weight is 332 g/mol. The molecule has 0 aliphatic carbocycles. The maximum atomic E-state index is 6.33. The highest BCUT2D eigenvalue weighted by Crippen LogP contribution is 2.40. The molecule has 1 N–H and O–H groups in total. The Kier molecular flexibility index (Phi) is 4.79. The summed E-state index contributed by atoms with van der Waals surface area (Å²) in [6.45, 7) is 2.62. The van der Waals surface area contributed by atoms with Gasteiger partial charge in [-0.1, -0.05) is 36.4 Å². The maximum Gasteiger partial charge on any atom is 0.127 e. The molecule has 2 aliphatic heterocycles. The van der Waals surface area contributed by atoms with Crippen molar-refractivity contribution in [1.29, 1.82) is 0 Å². The summed E-state index contributed by atoms with van der Waals surface area (Å²) in [5, 5.41) is 3.42. The molecule has 1 saturated heterocycles. The predicted octanol–water partition coefficient (Wildman–Crippen LogP) is 3.74. The van der Waals surface area contributed by atoms with Crippen molar-refractivity contribution in [3.05, 3.63) is 59.7 Å². The van der Waals surface area contributed by atoms with Crippen LogP contribution in [-0.2, 0) is 13.0 Å². The molecular weight excluding hydrogens is 310 g/mol. The number of fused-ring (bicyclic) bond motifs is 1. The van der Waals surface area contributed by atoms with Crippen molar-refractivity contribution in [3.63, 3.8) is 0 Å². The molecule has 1 fully saturated rings. The van der Waals surface area contributed by atoms with Crippen molar-refractivity contribution in [1.82, 2.24) is 5.32 Å². The first-order chi connectivity index (χ1) is 10.8. The Morgan fingerprint density at radius 1 is 1.04 bits per heavy atom. The van der Waals surface area contributed by atoms with Gasteiger partial charge < -0.3 is 14.8 Å². The molecule has 23 heavy (non-hydrogen) atoms. The lowest BCUT2D eigenvalue weighted by molar-refractivity contribution is 0.0651. The summed E-state index contributed by atoms with van der Waals surface area (Å²) < 4.78 is 12.4. The van der Waals surface area contributed by atoms with Crippen molar-refractivity contribution in [2.24, 2.45) is 0 Å². The van der Waals surface area contributed by atoms with E-state index in [2.05, 4.69) is 29.6 Å². The molecule has 0 amide bonds. The highest BCUT2D eigenvalue weighted by Gasteiger charge is 2.39. The standard InChI is InChI=1S/C19H21NO2.ClH/c1-2-5-15(6-3-1)13-21-17-7-4-8-18-16(17)9-10-19(22-18)11-12-20-14-19;/h1-8,20H,9-14H2;1H. The number of halogens is 1. The third-order valence-electron chi connectivity index (χ3n) is 4.69. The Hall–Kier alpha value is -1.71. The highest BCUT2D eigenvalue weighted by molar-refractivity contribution is 5.85. The summed E-state index contributed by atoms with van der Waals surface area (Å²) in [7, 11) is 0. The van der Waals surface area contributed by atoms with Crippen molar-refractivity contribution in [2.45, 2.75) is 31.5 Å². The van der Waals surface area contributed by atoms with Gasteiger partial charge in [0.25, 0.3) is 0 Å². The van der Waals surface area contributed by atoms with Gasteiger partial charge in [-0.25, -0.2) is 0 Å². The fourth-order valence-electron chi connectivity index (χ4n) is 3.42. The quantitative estimate of drug-likeness (QED) is 0.929. The fraction of sp³-hybridized carbons (Fsp3) is 0.368. The molecule has 2 aromatic carbocycles. The zero-order chi connectivity index (χ0) is 14.8. The normalized spacial score (nSPS) is 22.1. The van der Waals surface area contributed by atoms with Crippen LogP contribution in [0.25, 0.3) is 0 Å². The largest absolute Gasteiger partial charge is 0.488 e.